The molecule has 7 amide bonds. The lowest BCUT2D eigenvalue weighted by molar-refractivity contribution is -0.122. The number of rotatable bonds is 27. The lowest BCUT2D eigenvalue weighted by Crippen LogP contribution is -2.55. The number of primary amides is 6. The fourth-order valence-corrected chi connectivity index (χ4v) is 16.7. The molecule has 27 nitrogen and oxygen atoms in total. The number of aliphatic hydroxyl groups excluding tert-OH is 2. The molecule has 498 valence electrons. The van der Waals surface area contributed by atoms with E-state index in [1.54, 1.807) is 4.57 Å². The van der Waals surface area contributed by atoms with E-state index in [1.807, 2.05) is 87.4 Å². The molecule has 1 aromatic carbocycles. The number of imidazole rings is 1. The lowest BCUT2D eigenvalue weighted by atomic mass is 9.55. The van der Waals surface area contributed by atoms with Gasteiger partial charge < -0.3 is 69.4 Å². The Morgan fingerprint density at radius 1 is 0.791 bits per heavy atom. The number of nitrogens with two attached hydrogens (primary N) is 6. The zero-order valence-electron chi connectivity index (χ0n) is 54.0. The first-order valence-electron chi connectivity index (χ1n) is 31.1. The molecule has 28 heteroatoms. The summed E-state index contributed by atoms with van der Waals surface area (Å²) < 4.78 is 32.3. The Labute approximate surface area is 529 Å². The van der Waals surface area contributed by atoms with Crippen molar-refractivity contribution in [2.75, 3.05) is 13.2 Å². The molecule has 7 heterocycles. The molecule has 1 aromatic heterocycles. The van der Waals surface area contributed by atoms with Crippen LogP contribution in [0.25, 0.3) is 11.0 Å². The minimum atomic E-state index is -5.07. The first-order valence-corrected chi connectivity index (χ1v) is 32.6. The molecule has 2 saturated heterocycles. The van der Waals surface area contributed by atoms with Crippen LogP contribution in [0.4, 0.5) is 0 Å². The number of fused-ring (bicyclic) bond motifs is 7. The highest BCUT2D eigenvalue weighted by Crippen LogP contribution is 2.63. The molecule has 0 radical (unpaired) electrons. The minimum absolute atomic E-state index is 0.00791. The van der Waals surface area contributed by atoms with E-state index in [-0.39, 0.29) is 83.6 Å². The predicted octanol–water partition coefficient (Wildman–Crippen LogP) is 3.55. The summed E-state index contributed by atoms with van der Waals surface area (Å²) in [6.07, 6.45) is -3.75. The van der Waals surface area contributed by atoms with Crippen LogP contribution in [0, 0.1) is 59.2 Å². The summed E-state index contributed by atoms with van der Waals surface area (Å²) in [6, 6.07) is 2.76. The second kappa shape index (κ2) is 26.2. The van der Waals surface area contributed by atoms with E-state index < -0.39 is 143 Å². The Morgan fingerprint density at radius 2 is 1.40 bits per heavy atom. The summed E-state index contributed by atoms with van der Waals surface area (Å²) in [5.41, 5.74) is 37.8. The minimum Gasteiger partial charge on any atom is -0.394 e. The number of allylic oxidation sites excluding steroid dienone is 6. The van der Waals surface area contributed by atoms with Crippen molar-refractivity contribution in [1.29, 1.82) is 0 Å². The number of hydrogen-bond acceptors (Lipinski definition) is 18. The maximum Gasteiger partial charge on any atom is 0.472 e. The van der Waals surface area contributed by atoms with E-state index in [4.69, 9.17) is 63.2 Å². The third kappa shape index (κ3) is 13.5. The first kappa shape index (κ1) is 69.9. The number of carbonyl (C=O) groups is 7. The van der Waals surface area contributed by atoms with Crippen LogP contribution in [-0.4, -0.2) is 132 Å². The zero-order valence-corrected chi connectivity index (χ0v) is 54.9. The van der Waals surface area contributed by atoms with Crippen LogP contribution >= 0.6 is 7.82 Å². The summed E-state index contributed by atoms with van der Waals surface area (Å²) in [4.78, 5) is 126. The van der Waals surface area contributed by atoms with Crippen LogP contribution in [0.2, 0.25) is 0 Å². The second-order valence-electron chi connectivity index (χ2n) is 27.4. The molecule has 2 aromatic rings. The van der Waals surface area contributed by atoms with E-state index in [0.717, 1.165) is 11.1 Å². The average Bonchev–Trinajstić information content (AvgIpc) is 1.54. The Kier molecular flexibility index (Phi) is 20.1. The van der Waals surface area contributed by atoms with Gasteiger partial charge in [0.2, 0.25) is 41.4 Å². The Balaban J connectivity index is 1.20. The van der Waals surface area contributed by atoms with Crippen LogP contribution in [0.5, 0.6) is 0 Å². The highest BCUT2D eigenvalue weighted by Gasteiger charge is 2.66. The van der Waals surface area contributed by atoms with Gasteiger partial charge in [-0.05, 0) is 114 Å². The molecular formula is C63H92N13O14P. The van der Waals surface area contributed by atoms with Crippen LogP contribution in [0.15, 0.2) is 67.8 Å². The average molecular weight is 1290 g/mol. The normalized spacial score (nSPS) is 32.6. The van der Waals surface area contributed by atoms with Gasteiger partial charge in [0, 0.05) is 131 Å². The number of phosphoric ester groups is 1. The number of amides is 7. The van der Waals surface area contributed by atoms with Crippen LogP contribution in [0.1, 0.15) is 157 Å². The van der Waals surface area contributed by atoms with E-state index in [1.165, 1.54) is 13.3 Å². The highest BCUT2D eigenvalue weighted by molar-refractivity contribution is 7.47. The highest BCUT2D eigenvalue weighted by atomic mass is 31.2. The van der Waals surface area contributed by atoms with Gasteiger partial charge in [-0.15, -0.1) is 0 Å². The molecule has 0 spiro atoms. The maximum atomic E-state index is 14.4. The predicted molar refractivity (Wildman–Crippen MR) is 338 cm³/mol. The third-order valence-electron chi connectivity index (χ3n) is 20.9. The number of benzene rings is 1. The van der Waals surface area contributed by atoms with Crippen molar-refractivity contribution in [3.63, 3.8) is 0 Å². The van der Waals surface area contributed by atoms with Gasteiger partial charge in [0.15, 0.2) is 6.23 Å². The van der Waals surface area contributed by atoms with E-state index in [9.17, 15) is 53.2 Å². The fourth-order valence-electron chi connectivity index (χ4n) is 15.6. The number of aliphatic hydroxyl groups is 2. The lowest BCUT2D eigenvalue weighted by Gasteiger charge is -2.48. The summed E-state index contributed by atoms with van der Waals surface area (Å²) >= 11 is 0. The van der Waals surface area contributed by atoms with Crippen molar-refractivity contribution in [2.45, 2.75) is 195 Å². The van der Waals surface area contributed by atoms with Gasteiger partial charge >= 0.3 is 7.82 Å². The molecule has 6 aliphatic heterocycles. The molecule has 91 heavy (non-hydrogen) atoms. The van der Waals surface area contributed by atoms with Gasteiger partial charge in [0.25, 0.3) is 0 Å². The summed E-state index contributed by atoms with van der Waals surface area (Å²) in [6.45, 7) is 19.6. The maximum absolute atomic E-state index is 14.4. The van der Waals surface area contributed by atoms with Gasteiger partial charge in [-0.2, -0.15) is 0 Å². The quantitative estimate of drug-likeness (QED) is 0.0570. The molecule has 15 atom stereocenters. The van der Waals surface area contributed by atoms with Crippen LogP contribution < -0.4 is 45.0 Å². The van der Waals surface area contributed by atoms with Crippen molar-refractivity contribution >= 4 is 77.3 Å². The van der Waals surface area contributed by atoms with Gasteiger partial charge in [-0.25, -0.2) is 9.55 Å². The van der Waals surface area contributed by atoms with Crippen molar-refractivity contribution in [2.24, 2.45) is 94.7 Å². The number of aryl methyl sites for hydroxylation is 2. The Bertz CT molecular complexity index is 3560. The molecule has 8 rings (SSSR count). The van der Waals surface area contributed by atoms with Crippen molar-refractivity contribution < 1.29 is 67.0 Å². The van der Waals surface area contributed by atoms with E-state index in [2.05, 4.69) is 15.6 Å². The Hall–Kier alpha value is -7.00. The van der Waals surface area contributed by atoms with Crippen molar-refractivity contribution in [1.82, 2.24) is 20.2 Å². The molecule has 0 aliphatic carbocycles. The monoisotopic (exact) mass is 1290 g/mol. The molecule has 6 aliphatic rings. The number of ether oxygens (including phenoxy) is 1. The van der Waals surface area contributed by atoms with E-state index >= 15 is 0 Å². The number of hydrogen-bond donors (Lipinski definition) is 11. The summed E-state index contributed by atoms with van der Waals surface area (Å²) in [5, 5.41) is 28.3. The molecule has 0 saturated carbocycles. The molecule has 8 bridgehead atoms. The number of aromatic nitrogens is 2. The molecule has 2 fully saturated rings. The van der Waals surface area contributed by atoms with Crippen LogP contribution in [0.3, 0.4) is 0 Å². The van der Waals surface area contributed by atoms with Crippen molar-refractivity contribution in [3.8, 4) is 0 Å². The number of nitrogens with zero attached hydrogens (tertiary/aromatic N) is 5. The summed E-state index contributed by atoms with van der Waals surface area (Å²) in [5.74, 6) is -6.84. The van der Waals surface area contributed by atoms with Gasteiger partial charge in [-0.1, -0.05) is 34.6 Å². The summed E-state index contributed by atoms with van der Waals surface area (Å²) in [7, 11) is -5.07. The standard InChI is InChI=1S/C63H92N13O14P/c1-30-22-40-41(23-31(30)2)76(29-71-40)58-53(85)54(42(28-77)88-58)90-91(86,87)89-32(3)27-70-50(84)19-20-60(8)38(24-48(68)82)57-63(11)62(10,21-18-47(67)81)37(14-17-46(66)80)52(75-63)34(5)56-61(9,26-49(69)83)35(12-15-44(64)78)39(72-56)25-43-59(6,7)36(13-16-45(65)79)51(73-43)33(4)55(60)74-57/h22-23,25,29,32,35-38,42,53-54,57-58,72,77,85H,12-21,24,26-28H2,1-11H3,(H2,64,78)(H2,65,79)(H2,66,80)(H2,67,81)(H2,68,82)(H2,69,83)(H,70,84)(H,86,87)/b39-25?,51-33?,56-34-. The van der Waals surface area contributed by atoms with Crippen LogP contribution in [-0.2, 0) is 51.9 Å². The number of carbonyl (C=O) groups excluding carboxylic acids is 7. The molecule has 15 unspecified atom stereocenters. The smallest absolute Gasteiger partial charge is 0.394 e. The topological polar surface area (TPSA) is 460 Å². The van der Waals surface area contributed by atoms with E-state index in [0.29, 0.717) is 56.4 Å². The van der Waals surface area contributed by atoms with Gasteiger partial charge in [-0.3, -0.25) is 57.6 Å². The largest absolute Gasteiger partial charge is 0.472 e. The number of aliphatic imine (C=N–C) groups is 3. The SMILES string of the molecule is CC1=C2N=C(C=C3N/C(=C(/C)C4=NC(C)(C5N=C1C(C)(CCC(=O)NCC(C)OP(=O)(O)OC1C(CO)OC(n6cnc7cc(C)c(C)cc76)C1O)C5CC(N)=O)C(C)(CCC(N)=O)C4CCC(N)=O)C(C)(CC(N)=O)C3CCC(N)=O)C(C)(C)C2CCC(N)=O. The van der Waals surface area contributed by atoms with Gasteiger partial charge in [0.1, 0.15) is 18.3 Å². The second-order valence-corrected chi connectivity index (χ2v) is 28.8. The Morgan fingerprint density at radius 3 is 1.99 bits per heavy atom. The van der Waals surface area contributed by atoms with Gasteiger partial charge in [0.05, 0.1) is 41.7 Å². The van der Waals surface area contributed by atoms with Crippen molar-refractivity contribution in [3.05, 3.63) is 63.9 Å². The number of phosphoric acid groups is 1. The number of nitrogens with one attached hydrogen (secondary N) is 2. The first-order chi connectivity index (χ1) is 42.3. The zero-order chi connectivity index (χ0) is 67.4. The third-order valence-corrected chi connectivity index (χ3v) is 22.1. The molecular weight excluding hydrogens is 1190 g/mol. The fraction of sp³-hybridized carbons (Fsp3) is 0.635. The molecule has 17 N–H and O–H groups in total.